The molecule has 0 fully saturated rings. The Hall–Kier alpha value is -1.41. The Balaban J connectivity index is 0.000000921. The maximum Gasteiger partial charge on any atom is 0.106 e. The third kappa shape index (κ3) is 6.26. The third-order valence-corrected chi connectivity index (χ3v) is 3.50. The number of carbonyl (C=O) groups excluding carboxylic acids is 1. The Morgan fingerprint density at radius 2 is 1.67 bits per heavy atom. The van der Waals surface area contributed by atoms with Gasteiger partial charge in [0.05, 0.1) is 0 Å². The topological polar surface area (TPSA) is 26.3 Å². The second kappa shape index (κ2) is 10.3. The van der Waals surface area contributed by atoms with E-state index in [0.29, 0.717) is 5.41 Å². The highest BCUT2D eigenvalue weighted by molar-refractivity contribution is 5.71. The molecule has 0 aliphatic heterocycles. The molecule has 0 bridgehead atoms. The number of carbonyl (C=O) groups is 1. The van der Waals surface area contributed by atoms with Crippen LogP contribution in [0, 0.1) is 5.41 Å². The lowest BCUT2D eigenvalue weighted by molar-refractivity contribution is -0.0979. The maximum absolute atomic E-state index is 8.00. The SMILES string of the molecule is C=O.CC.COCCC1=C(c2ccccc2)CC(C)(C)C1. The Bertz CT molecular complexity index is 418. The first-order valence-corrected chi connectivity index (χ1v) is 7.66. The van der Waals surface area contributed by atoms with Crippen molar-refractivity contribution in [2.24, 2.45) is 5.41 Å². The van der Waals surface area contributed by atoms with Crippen molar-refractivity contribution in [2.45, 2.75) is 47.0 Å². The van der Waals surface area contributed by atoms with Crippen LogP contribution in [0.15, 0.2) is 35.9 Å². The fraction of sp³-hybridized carbons (Fsp3) is 0.526. The van der Waals surface area contributed by atoms with Crippen molar-refractivity contribution in [1.82, 2.24) is 0 Å². The Kier molecular flexibility index (Phi) is 9.64. The third-order valence-electron chi connectivity index (χ3n) is 3.50. The lowest BCUT2D eigenvalue weighted by Crippen LogP contribution is -2.05. The minimum atomic E-state index is 0.411. The predicted molar refractivity (Wildman–Crippen MR) is 91.3 cm³/mol. The molecule has 0 amide bonds. The molecule has 1 aromatic carbocycles. The Morgan fingerprint density at radius 1 is 1.10 bits per heavy atom. The van der Waals surface area contributed by atoms with Gasteiger partial charge in [0.25, 0.3) is 0 Å². The van der Waals surface area contributed by atoms with Gasteiger partial charge in [0, 0.05) is 13.7 Å². The zero-order valence-electron chi connectivity index (χ0n) is 14.2. The number of benzene rings is 1. The standard InChI is InChI=1S/C16H22O.C2H6.CH2O/c1-16(2)11-14(9-10-17-3)15(12-16)13-7-5-4-6-8-13;2*1-2/h4-8H,9-12H2,1-3H3;1-2H3;1H2. The van der Waals surface area contributed by atoms with Crippen LogP contribution in [0.25, 0.3) is 5.57 Å². The number of allylic oxidation sites excluding steroid dienone is 1. The van der Waals surface area contributed by atoms with Crippen LogP contribution in [-0.4, -0.2) is 20.5 Å². The molecule has 0 spiro atoms. The highest BCUT2D eigenvalue weighted by Gasteiger charge is 2.30. The summed E-state index contributed by atoms with van der Waals surface area (Å²) in [6, 6.07) is 10.8. The molecule has 0 heterocycles. The zero-order chi connectivity index (χ0) is 16.3. The lowest BCUT2D eigenvalue weighted by atomic mass is 9.88. The number of rotatable bonds is 4. The summed E-state index contributed by atoms with van der Waals surface area (Å²) in [6.45, 7) is 11.5. The van der Waals surface area contributed by atoms with Crippen molar-refractivity contribution in [3.63, 3.8) is 0 Å². The number of methoxy groups -OCH3 is 1. The van der Waals surface area contributed by atoms with E-state index in [-0.39, 0.29) is 0 Å². The lowest BCUT2D eigenvalue weighted by Gasteiger charge is -2.17. The molecule has 0 radical (unpaired) electrons. The first kappa shape index (κ1) is 19.6. The fourth-order valence-corrected chi connectivity index (χ4v) is 2.76. The van der Waals surface area contributed by atoms with Gasteiger partial charge in [0.15, 0.2) is 0 Å². The average Bonchev–Trinajstić information content (AvgIpc) is 2.85. The molecule has 1 aromatic rings. The van der Waals surface area contributed by atoms with E-state index in [2.05, 4.69) is 44.2 Å². The summed E-state index contributed by atoms with van der Waals surface area (Å²) >= 11 is 0. The van der Waals surface area contributed by atoms with Crippen LogP contribution < -0.4 is 0 Å². The van der Waals surface area contributed by atoms with Crippen molar-refractivity contribution < 1.29 is 9.53 Å². The summed E-state index contributed by atoms with van der Waals surface area (Å²) in [6.07, 6.45) is 3.47. The van der Waals surface area contributed by atoms with Crippen molar-refractivity contribution >= 4 is 12.4 Å². The molecule has 1 aliphatic rings. The van der Waals surface area contributed by atoms with Gasteiger partial charge in [-0.1, -0.05) is 63.6 Å². The Labute approximate surface area is 130 Å². The van der Waals surface area contributed by atoms with Crippen molar-refractivity contribution in [3.8, 4) is 0 Å². The highest BCUT2D eigenvalue weighted by atomic mass is 16.5. The van der Waals surface area contributed by atoms with Gasteiger partial charge in [-0.2, -0.15) is 0 Å². The van der Waals surface area contributed by atoms with Crippen LogP contribution in [0.5, 0.6) is 0 Å². The molecule has 0 N–H and O–H groups in total. The zero-order valence-corrected chi connectivity index (χ0v) is 14.2. The molecule has 118 valence electrons. The van der Waals surface area contributed by atoms with E-state index in [9.17, 15) is 0 Å². The molecule has 0 unspecified atom stereocenters. The van der Waals surface area contributed by atoms with E-state index in [0.717, 1.165) is 13.0 Å². The number of ether oxygens (including phenoxy) is 1. The minimum absolute atomic E-state index is 0.411. The molecule has 0 atom stereocenters. The number of hydrogen-bond acceptors (Lipinski definition) is 2. The van der Waals surface area contributed by atoms with Crippen molar-refractivity contribution in [3.05, 3.63) is 41.5 Å². The van der Waals surface area contributed by atoms with E-state index in [1.54, 1.807) is 18.3 Å². The minimum Gasteiger partial charge on any atom is -0.384 e. The monoisotopic (exact) mass is 290 g/mol. The van der Waals surface area contributed by atoms with Gasteiger partial charge in [-0.3, -0.25) is 0 Å². The molecule has 2 heteroatoms. The largest absolute Gasteiger partial charge is 0.384 e. The van der Waals surface area contributed by atoms with E-state index in [4.69, 9.17) is 9.53 Å². The highest BCUT2D eigenvalue weighted by Crippen LogP contribution is 2.46. The average molecular weight is 290 g/mol. The summed E-state index contributed by atoms with van der Waals surface area (Å²) in [5, 5.41) is 0. The van der Waals surface area contributed by atoms with E-state index in [1.807, 2.05) is 20.6 Å². The van der Waals surface area contributed by atoms with Crippen LogP contribution in [0.1, 0.15) is 52.5 Å². The molecule has 0 saturated carbocycles. The molecule has 2 rings (SSSR count). The van der Waals surface area contributed by atoms with Crippen LogP contribution in [0.2, 0.25) is 0 Å². The van der Waals surface area contributed by atoms with Crippen LogP contribution in [-0.2, 0) is 9.53 Å². The van der Waals surface area contributed by atoms with Gasteiger partial charge in [-0.15, -0.1) is 0 Å². The normalized spacial score (nSPS) is 15.7. The summed E-state index contributed by atoms with van der Waals surface area (Å²) in [5.41, 5.74) is 4.94. The van der Waals surface area contributed by atoms with Crippen LogP contribution in [0.3, 0.4) is 0 Å². The molecule has 1 aliphatic carbocycles. The van der Waals surface area contributed by atoms with E-state index >= 15 is 0 Å². The van der Waals surface area contributed by atoms with Gasteiger partial charge in [-0.05, 0) is 35.8 Å². The van der Waals surface area contributed by atoms with Gasteiger partial charge in [-0.25, -0.2) is 0 Å². The number of hydrogen-bond donors (Lipinski definition) is 0. The van der Waals surface area contributed by atoms with Gasteiger partial charge in [0.2, 0.25) is 0 Å². The van der Waals surface area contributed by atoms with Crippen molar-refractivity contribution in [1.29, 1.82) is 0 Å². The second-order valence-corrected chi connectivity index (χ2v) is 5.71. The molecular weight excluding hydrogens is 260 g/mol. The van der Waals surface area contributed by atoms with Gasteiger partial charge >= 0.3 is 0 Å². The van der Waals surface area contributed by atoms with Gasteiger partial charge < -0.3 is 9.53 Å². The van der Waals surface area contributed by atoms with Crippen LogP contribution >= 0.6 is 0 Å². The summed E-state index contributed by atoms with van der Waals surface area (Å²) < 4.78 is 5.22. The molecular formula is C19H30O2. The predicted octanol–water partition coefficient (Wildman–Crippen LogP) is 5.14. The quantitative estimate of drug-likeness (QED) is 0.767. The summed E-state index contributed by atoms with van der Waals surface area (Å²) in [5.74, 6) is 0. The molecule has 21 heavy (non-hydrogen) atoms. The van der Waals surface area contributed by atoms with Crippen LogP contribution in [0.4, 0.5) is 0 Å². The first-order chi connectivity index (χ1) is 10.1. The maximum atomic E-state index is 8.00. The smallest absolute Gasteiger partial charge is 0.106 e. The molecule has 0 aromatic heterocycles. The fourth-order valence-electron chi connectivity index (χ4n) is 2.76. The first-order valence-electron chi connectivity index (χ1n) is 7.66. The van der Waals surface area contributed by atoms with E-state index < -0.39 is 0 Å². The van der Waals surface area contributed by atoms with Crippen molar-refractivity contribution in [2.75, 3.05) is 13.7 Å². The summed E-state index contributed by atoms with van der Waals surface area (Å²) in [7, 11) is 1.78. The molecule has 0 saturated heterocycles. The second-order valence-electron chi connectivity index (χ2n) is 5.71. The molecule has 2 nitrogen and oxygen atoms in total. The van der Waals surface area contributed by atoms with Gasteiger partial charge in [0.1, 0.15) is 6.79 Å². The van der Waals surface area contributed by atoms with E-state index in [1.165, 1.54) is 18.4 Å². The Morgan fingerprint density at radius 3 is 2.19 bits per heavy atom. The summed E-state index contributed by atoms with van der Waals surface area (Å²) in [4.78, 5) is 8.00.